The molecule has 3 aromatic rings. The lowest BCUT2D eigenvalue weighted by atomic mass is 10.1. The maximum Gasteiger partial charge on any atom is 0.255 e. The number of carbonyl (C=O) groups is 1. The van der Waals surface area contributed by atoms with Crippen molar-refractivity contribution in [2.75, 3.05) is 6.54 Å². The zero-order chi connectivity index (χ0) is 18.4. The largest absolute Gasteiger partial charge is 0.334 e. The van der Waals surface area contributed by atoms with E-state index in [1.807, 2.05) is 53.4 Å². The molecule has 0 saturated heterocycles. The monoisotopic (exact) mass is 383 g/mol. The predicted molar refractivity (Wildman–Crippen MR) is 108 cm³/mol. The standard InChI is InChI=1S/C22H19Cl2NO/c23-19-11-12-20(21(24)15-19)22(26)25(16-18-9-5-2-6-10-18)14-13-17-7-3-1-4-8-17/h1-12,15H,13-14,16H2. The molecule has 3 rings (SSSR count). The Kier molecular flexibility index (Phi) is 6.32. The lowest BCUT2D eigenvalue weighted by Gasteiger charge is -2.23. The molecule has 0 aromatic heterocycles. The van der Waals surface area contributed by atoms with E-state index in [9.17, 15) is 4.79 Å². The number of nitrogens with zero attached hydrogens (tertiary/aromatic N) is 1. The molecule has 0 spiro atoms. The van der Waals surface area contributed by atoms with Crippen molar-refractivity contribution in [1.82, 2.24) is 4.90 Å². The quantitative estimate of drug-likeness (QED) is 0.520. The van der Waals surface area contributed by atoms with Gasteiger partial charge < -0.3 is 4.90 Å². The summed E-state index contributed by atoms with van der Waals surface area (Å²) < 4.78 is 0. The van der Waals surface area contributed by atoms with Crippen LogP contribution in [0.1, 0.15) is 21.5 Å². The summed E-state index contributed by atoms with van der Waals surface area (Å²) in [5, 5.41) is 0.894. The van der Waals surface area contributed by atoms with Crippen LogP contribution in [-0.4, -0.2) is 17.4 Å². The van der Waals surface area contributed by atoms with Crippen molar-refractivity contribution in [3.8, 4) is 0 Å². The molecule has 2 nitrogen and oxygen atoms in total. The van der Waals surface area contributed by atoms with E-state index < -0.39 is 0 Å². The number of amides is 1. The van der Waals surface area contributed by atoms with Gasteiger partial charge in [0.25, 0.3) is 5.91 Å². The molecular formula is C22H19Cl2NO. The molecule has 132 valence electrons. The Hall–Kier alpha value is -2.29. The number of benzene rings is 3. The van der Waals surface area contributed by atoms with Gasteiger partial charge in [-0.25, -0.2) is 0 Å². The Morgan fingerprint density at radius 3 is 2.04 bits per heavy atom. The van der Waals surface area contributed by atoms with Gasteiger partial charge in [-0.05, 0) is 35.7 Å². The van der Waals surface area contributed by atoms with Crippen LogP contribution < -0.4 is 0 Å². The van der Waals surface area contributed by atoms with Crippen molar-refractivity contribution in [3.05, 3.63) is 106 Å². The highest BCUT2D eigenvalue weighted by Crippen LogP contribution is 2.23. The molecule has 0 radical (unpaired) electrons. The van der Waals surface area contributed by atoms with Gasteiger partial charge >= 0.3 is 0 Å². The van der Waals surface area contributed by atoms with Gasteiger partial charge in [-0.15, -0.1) is 0 Å². The molecule has 0 unspecified atom stereocenters. The first-order chi connectivity index (χ1) is 12.6. The fourth-order valence-electron chi connectivity index (χ4n) is 2.80. The van der Waals surface area contributed by atoms with Crippen LogP contribution in [0, 0.1) is 0 Å². The number of hydrogen-bond donors (Lipinski definition) is 0. The van der Waals surface area contributed by atoms with E-state index in [4.69, 9.17) is 23.2 Å². The van der Waals surface area contributed by atoms with E-state index >= 15 is 0 Å². The van der Waals surface area contributed by atoms with Gasteiger partial charge in [-0.3, -0.25) is 4.79 Å². The number of carbonyl (C=O) groups excluding carboxylic acids is 1. The lowest BCUT2D eigenvalue weighted by molar-refractivity contribution is 0.0745. The number of rotatable bonds is 6. The summed E-state index contributed by atoms with van der Waals surface area (Å²) >= 11 is 12.2. The SMILES string of the molecule is O=C(c1ccc(Cl)cc1Cl)N(CCc1ccccc1)Cc1ccccc1. The summed E-state index contributed by atoms with van der Waals surface area (Å²) in [6, 6.07) is 25.1. The fourth-order valence-corrected chi connectivity index (χ4v) is 3.29. The Morgan fingerprint density at radius 2 is 1.42 bits per heavy atom. The summed E-state index contributed by atoms with van der Waals surface area (Å²) in [5.74, 6) is -0.0912. The smallest absolute Gasteiger partial charge is 0.255 e. The number of hydrogen-bond acceptors (Lipinski definition) is 1. The third-order valence-electron chi connectivity index (χ3n) is 4.18. The van der Waals surface area contributed by atoms with Gasteiger partial charge in [0.2, 0.25) is 0 Å². The van der Waals surface area contributed by atoms with E-state index in [1.54, 1.807) is 18.2 Å². The van der Waals surface area contributed by atoms with Crippen LogP contribution in [0.3, 0.4) is 0 Å². The molecule has 0 heterocycles. The predicted octanol–water partition coefficient (Wildman–Crippen LogP) is 5.88. The van der Waals surface area contributed by atoms with Crippen LogP contribution >= 0.6 is 23.2 Å². The van der Waals surface area contributed by atoms with E-state index in [-0.39, 0.29) is 5.91 Å². The van der Waals surface area contributed by atoms with Crippen LogP contribution in [-0.2, 0) is 13.0 Å². The molecule has 0 aliphatic carbocycles. The highest BCUT2D eigenvalue weighted by molar-refractivity contribution is 6.36. The second kappa shape index (κ2) is 8.88. The molecule has 0 saturated carbocycles. The fraction of sp³-hybridized carbons (Fsp3) is 0.136. The molecule has 1 amide bonds. The lowest BCUT2D eigenvalue weighted by Crippen LogP contribution is -2.32. The highest BCUT2D eigenvalue weighted by atomic mass is 35.5. The zero-order valence-corrected chi connectivity index (χ0v) is 15.8. The van der Waals surface area contributed by atoms with Gasteiger partial charge in [0.1, 0.15) is 0 Å². The first-order valence-electron chi connectivity index (χ1n) is 8.45. The van der Waals surface area contributed by atoms with Crippen LogP contribution in [0.2, 0.25) is 10.0 Å². The first kappa shape index (κ1) is 18.5. The third-order valence-corrected chi connectivity index (χ3v) is 4.73. The maximum absolute atomic E-state index is 13.1. The van der Waals surface area contributed by atoms with Gasteiger partial charge in [0.05, 0.1) is 10.6 Å². The minimum atomic E-state index is -0.0912. The third kappa shape index (κ3) is 4.87. The van der Waals surface area contributed by atoms with Crippen LogP contribution in [0.25, 0.3) is 0 Å². The van der Waals surface area contributed by atoms with E-state index in [1.165, 1.54) is 5.56 Å². The topological polar surface area (TPSA) is 20.3 Å². The van der Waals surface area contributed by atoms with Crippen molar-refractivity contribution in [1.29, 1.82) is 0 Å². The zero-order valence-electron chi connectivity index (χ0n) is 14.2. The Bertz CT molecular complexity index is 866. The molecule has 3 aromatic carbocycles. The van der Waals surface area contributed by atoms with Crippen LogP contribution in [0.4, 0.5) is 0 Å². The molecule has 0 aliphatic rings. The minimum absolute atomic E-state index is 0.0912. The Morgan fingerprint density at radius 1 is 0.808 bits per heavy atom. The van der Waals surface area contributed by atoms with E-state index in [2.05, 4.69) is 12.1 Å². The molecule has 4 heteroatoms. The Balaban J connectivity index is 1.82. The van der Waals surface area contributed by atoms with E-state index in [0.717, 1.165) is 12.0 Å². The van der Waals surface area contributed by atoms with Crippen molar-refractivity contribution in [3.63, 3.8) is 0 Å². The normalized spacial score (nSPS) is 10.5. The summed E-state index contributed by atoms with van der Waals surface area (Å²) in [6.07, 6.45) is 0.782. The van der Waals surface area contributed by atoms with Gasteiger partial charge in [-0.1, -0.05) is 83.9 Å². The summed E-state index contributed by atoms with van der Waals surface area (Å²) in [7, 11) is 0. The van der Waals surface area contributed by atoms with Gasteiger partial charge in [-0.2, -0.15) is 0 Å². The van der Waals surface area contributed by atoms with Crippen LogP contribution in [0.5, 0.6) is 0 Å². The second-order valence-corrected chi connectivity index (χ2v) is 6.92. The summed E-state index contributed by atoms with van der Waals surface area (Å²) in [6.45, 7) is 1.14. The second-order valence-electron chi connectivity index (χ2n) is 6.07. The average molecular weight is 384 g/mol. The Labute approximate surface area is 164 Å². The van der Waals surface area contributed by atoms with Crippen molar-refractivity contribution < 1.29 is 4.79 Å². The number of halogens is 2. The minimum Gasteiger partial charge on any atom is -0.334 e. The molecule has 0 atom stereocenters. The summed E-state index contributed by atoms with van der Waals surface area (Å²) in [5.41, 5.74) is 2.75. The molecule has 0 fully saturated rings. The first-order valence-corrected chi connectivity index (χ1v) is 9.21. The average Bonchev–Trinajstić information content (AvgIpc) is 2.66. The molecule has 0 aliphatic heterocycles. The van der Waals surface area contributed by atoms with Crippen molar-refractivity contribution in [2.45, 2.75) is 13.0 Å². The maximum atomic E-state index is 13.1. The van der Waals surface area contributed by atoms with Gasteiger partial charge in [0.15, 0.2) is 0 Å². The summed E-state index contributed by atoms with van der Waals surface area (Å²) in [4.78, 5) is 14.9. The van der Waals surface area contributed by atoms with Crippen LogP contribution in [0.15, 0.2) is 78.9 Å². The molecule has 26 heavy (non-hydrogen) atoms. The van der Waals surface area contributed by atoms with Crippen molar-refractivity contribution >= 4 is 29.1 Å². The van der Waals surface area contributed by atoms with Crippen molar-refractivity contribution in [2.24, 2.45) is 0 Å². The molecular weight excluding hydrogens is 365 g/mol. The molecule has 0 bridgehead atoms. The van der Waals surface area contributed by atoms with E-state index in [0.29, 0.717) is 28.7 Å². The molecule has 0 N–H and O–H groups in total. The highest BCUT2D eigenvalue weighted by Gasteiger charge is 2.19. The van der Waals surface area contributed by atoms with Gasteiger partial charge in [0, 0.05) is 18.1 Å².